The summed E-state index contributed by atoms with van der Waals surface area (Å²) in [5, 5.41) is 3.13. The predicted octanol–water partition coefficient (Wildman–Crippen LogP) is 3.11. The van der Waals surface area contributed by atoms with E-state index in [1.165, 1.54) is 19.4 Å². The number of carbonyl (C=O) groups is 1. The van der Waals surface area contributed by atoms with Crippen LogP contribution in [0.2, 0.25) is 0 Å². The average Bonchev–Trinajstić information content (AvgIpc) is 3.10. The Morgan fingerprint density at radius 2 is 2.04 bits per heavy atom. The topological polar surface area (TPSA) is 75.7 Å². The van der Waals surface area contributed by atoms with Crippen LogP contribution in [0.1, 0.15) is 62.0 Å². The normalized spacial score (nSPS) is 16.1. The maximum absolute atomic E-state index is 12.8. The molecule has 0 unspecified atom stereocenters. The molecule has 3 rings (SSSR count). The first-order valence-corrected chi connectivity index (χ1v) is 10.4. The van der Waals surface area contributed by atoms with E-state index < -0.39 is 0 Å². The van der Waals surface area contributed by atoms with E-state index in [4.69, 9.17) is 5.73 Å². The second-order valence-corrected chi connectivity index (χ2v) is 7.70. The number of imidazole rings is 1. The molecule has 0 spiro atoms. The summed E-state index contributed by atoms with van der Waals surface area (Å²) in [5.41, 5.74) is 8.30. The Kier molecular flexibility index (Phi) is 6.72. The van der Waals surface area contributed by atoms with Gasteiger partial charge in [-0.25, -0.2) is 4.98 Å². The molecule has 0 atom stereocenters. The summed E-state index contributed by atoms with van der Waals surface area (Å²) in [6.07, 6.45) is 8.69. The molecule has 1 aliphatic heterocycles. The van der Waals surface area contributed by atoms with Gasteiger partial charge in [-0.1, -0.05) is 26.7 Å². The van der Waals surface area contributed by atoms with Gasteiger partial charge in [0.05, 0.1) is 11.3 Å². The molecular formula is C21H33N5O. The number of fused-ring (bicyclic) bond motifs is 1. The first-order chi connectivity index (χ1) is 13.1. The van der Waals surface area contributed by atoms with Crippen LogP contribution in [0.3, 0.4) is 0 Å². The maximum atomic E-state index is 12.8. The van der Waals surface area contributed by atoms with E-state index in [1.807, 2.05) is 10.6 Å². The number of nitrogens with one attached hydrogen (secondary N) is 1. The van der Waals surface area contributed by atoms with Crippen LogP contribution in [0.4, 0.5) is 5.82 Å². The molecule has 1 amide bonds. The number of pyridine rings is 1. The molecule has 1 fully saturated rings. The minimum absolute atomic E-state index is 0.0536. The van der Waals surface area contributed by atoms with Crippen molar-refractivity contribution in [3.05, 3.63) is 29.6 Å². The van der Waals surface area contributed by atoms with Crippen molar-refractivity contribution in [1.82, 2.24) is 19.6 Å². The molecule has 0 saturated carbocycles. The van der Waals surface area contributed by atoms with Gasteiger partial charge in [-0.2, -0.15) is 0 Å². The highest BCUT2D eigenvalue weighted by Gasteiger charge is 2.20. The van der Waals surface area contributed by atoms with Crippen LogP contribution in [0.5, 0.6) is 0 Å². The fraction of sp³-hybridized carbons (Fsp3) is 0.619. The van der Waals surface area contributed by atoms with Gasteiger partial charge in [0.15, 0.2) is 5.65 Å². The Balaban J connectivity index is 1.59. The molecule has 6 nitrogen and oxygen atoms in total. The Labute approximate surface area is 162 Å². The lowest BCUT2D eigenvalue weighted by atomic mass is 9.96. The number of nitrogens with zero attached hydrogens (tertiary/aromatic N) is 3. The van der Waals surface area contributed by atoms with E-state index in [9.17, 15) is 4.79 Å². The summed E-state index contributed by atoms with van der Waals surface area (Å²) >= 11 is 0. The number of aromatic nitrogens is 2. The van der Waals surface area contributed by atoms with Crippen molar-refractivity contribution in [1.29, 1.82) is 0 Å². The van der Waals surface area contributed by atoms with Crippen molar-refractivity contribution in [2.24, 2.45) is 5.92 Å². The average molecular weight is 372 g/mol. The zero-order valence-electron chi connectivity index (χ0n) is 16.7. The van der Waals surface area contributed by atoms with Gasteiger partial charge in [0, 0.05) is 12.7 Å². The molecule has 6 heteroatoms. The third-order valence-electron chi connectivity index (χ3n) is 5.53. The molecule has 1 saturated heterocycles. The monoisotopic (exact) mass is 371 g/mol. The second kappa shape index (κ2) is 9.22. The molecule has 0 aromatic carbocycles. The summed E-state index contributed by atoms with van der Waals surface area (Å²) in [7, 11) is 0. The van der Waals surface area contributed by atoms with Crippen molar-refractivity contribution in [2.75, 3.05) is 31.9 Å². The van der Waals surface area contributed by atoms with Crippen LogP contribution in [0.15, 0.2) is 18.3 Å². The minimum Gasteiger partial charge on any atom is -0.385 e. The molecular weight excluding hydrogens is 338 g/mol. The molecule has 2 aromatic heterocycles. The molecule has 0 radical (unpaired) electrons. The van der Waals surface area contributed by atoms with Gasteiger partial charge in [0.1, 0.15) is 5.82 Å². The lowest BCUT2D eigenvalue weighted by molar-refractivity contribution is 0.0937. The highest BCUT2D eigenvalue weighted by molar-refractivity contribution is 6.00. The smallest absolute Gasteiger partial charge is 0.255 e. The fourth-order valence-electron chi connectivity index (χ4n) is 3.82. The summed E-state index contributed by atoms with van der Waals surface area (Å²) in [6, 6.07) is 3.57. The van der Waals surface area contributed by atoms with Gasteiger partial charge in [-0.05, 0) is 63.4 Å². The zero-order valence-corrected chi connectivity index (χ0v) is 16.7. The molecule has 0 aliphatic carbocycles. The van der Waals surface area contributed by atoms with Gasteiger partial charge >= 0.3 is 0 Å². The largest absolute Gasteiger partial charge is 0.385 e. The van der Waals surface area contributed by atoms with E-state index in [0.29, 0.717) is 22.9 Å². The van der Waals surface area contributed by atoms with Crippen LogP contribution < -0.4 is 11.1 Å². The summed E-state index contributed by atoms with van der Waals surface area (Å²) < 4.78 is 1.83. The van der Waals surface area contributed by atoms with Gasteiger partial charge in [-0.15, -0.1) is 0 Å². The van der Waals surface area contributed by atoms with Crippen LogP contribution in [-0.4, -0.2) is 46.4 Å². The van der Waals surface area contributed by atoms with Crippen LogP contribution in [-0.2, 0) is 6.42 Å². The first-order valence-electron chi connectivity index (χ1n) is 10.4. The predicted molar refractivity (Wildman–Crippen MR) is 110 cm³/mol. The standard InChI is InChI=1S/C21H33N5O/c1-3-5-11-25-12-9-16(10-13-25)14-23-21(27)18-7-8-19(22)26-15-17(6-4-2)24-20(18)26/h7-8,15-16H,3-6,9-14,22H2,1-2H3,(H,23,27). The van der Waals surface area contributed by atoms with Crippen LogP contribution in [0, 0.1) is 5.92 Å². The highest BCUT2D eigenvalue weighted by atomic mass is 16.1. The molecule has 3 heterocycles. The number of anilines is 1. The third kappa shape index (κ3) is 4.80. The lowest BCUT2D eigenvalue weighted by Crippen LogP contribution is -2.39. The summed E-state index contributed by atoms with van der Waals surface area (Å²) in [5.74, 6) is 1.12. The highest BCUT2D eigenvalue weighted by Crippen LogP contribution is 2.19. The number of carbonyl (C=O) groups excluding carboxylic acids is 1. The third-order valence-corrected chi connectivity index (χ3v) is 5.53. The maximum Gasteiger partial charge on any atom is 0.255 e. The van der Waals surface area contributed by atoms with Crippen molar-refractivity contribution in [3.8, 4) is 0 Å². The van der Waals surface area contributed by atoms with Crippen LogP contribution >= 0.6 is 0 Å². The Morgan fingerprint density at radius 1 is 1.26 bits per heavy atom. The number of unbranched alkanes of at least 4 members (excludes halogenated alkanes) is 1. The van der Waals surface area contributed by atoms with E-state index in [1.54, 1.807) is 12.1 Å². The SMILES string of the molecule is CCCCN1CCC(CNC(=O)c2ccc(N)n3cc(CCC)nc23)CC1. The van der Waals surface area contributed by atoms with Crippen molar-refractivity contribution in [2.45, 2.75) is 52.4 Å². The number of amides is 1. The lowest BCUT2D eigenvalue weighted by Gasteiger charge is -2.31. The molecule has 0 bridgehead atoms. The quantitative estimate of drug-likeness (QED) is 0.748. The number of hydrogen-bond acceptors (Lipinski definition) is 4. The minimum atomic E-state index is -0.0536. The van der Waals surface area contributed by atoms with Crippen LogP contribution in [0.25, 0.3) is 5.65 Å². The van der Waals surface area contributed by atoms with Gasteiger partial charge in [-0.3, -0.25) is 9.20 Å². The van der Waals surface area contributed by atoms with E-state index in [2.05, 4.69) is 29.0 Å². The first kappa shape index (κ1) is 19.7. The molecule has 1 aliphatic rings. The van der Waals surface area contributed by atoms with E-state index in [0.717, 1.165) is 51.0 Å². The Bertz CT molecular complexity index is 761. The van der Waals surface area contributed by atoms with Gasteiger partial charge in [0.2, 0.25) is 0 Å². The molecule has 27 heavy (non-hydrogen) atoms. The molecule has 148 valence electrons. The molecule has 3 N–H and O–H groups in total. The number of rotatable bonds is 8. The number of aryl methyl sites for hydroxylation is 1. The molecule has 2 aromatic rings. The zero-order chi connectivity index (χ0) is 19.2. The number of likely N-dealkylation sites (tertiary alicyclic amines) is 1. The van der Waals surface area contributed by atoms with E-state index in [-0.39, 0.29) is 5.91 Å². The van der Waals surface area contributed by atoms with Crippen molar-refractivity contribution in [3.63, 3.8) is 0 Å². The summed E-state index contributed by atoms with van der Waals surface area (Å²) in [4.78, 5) is 19.9. The van der Waals surface area contributed by atoms with Crippen molar-refractivity contribution >= 4 is 17.4 Å². The van der Waals surface area contributed by atoms with Gasteiger partial charge in [0.25, 0.3) is 5.91 Å². The van der Waals surface area contributed by atoms with Crippen molar-refractivity contribution < 1.29 is 4.79 Å². The number of nitrogens with two attached hydrogens (primary N) is 1. The number of piperidine rings is 1. The Morgan fingerprint density at radius 3 is 2.74 bits per heavy atom. The Hall–Kier alpha value is -2.08. The number of nitrogen functional groups attached to an aromatic ring is 1. The van der Waals surface area contributed by atoms with E-state index >= 15 is 0 Å². The number of hydrogen-bond donors (Lipinski definition) is 2. The summed E-state index contributed by atoms with van der Waals surface area (Å²) in [6.45, 7) is 8.59. The van der Waals surface area contributed by atoms with Gasteiger partial charge < -0.3 is 16.0 Å². The fourth-order valence-corrected chi connectivity index (χ4v) is 3.82. The second-order valence-electron chi connectivity index (χ2n) is 7.70.